The van der Waals surface area contributed by atoms with Gasteiger partial charge in [0.15, 0.2) is 0 Å². The lowest BCUT2D eigenvalue weighted by atomic mass is 9.77. The molecule has 0 saturated heterocycles. The van der Waals surface area contributed by atoms with E-state index in [9.17, 15) is 4.79 Å². The summed E-state index contributed by atoms with van der Waals surface area (Å²) in [5.74, 6) is 4.06. The van der Waals surface area contributed by atoms with E-state index >= 15 is 0 Å². The van der Waals surface area contributed by atoms with Crippen molar-refractivity contribution < 1.29 is 4.79 Å². The Morgan fingerprint density at radius 1 is 0.458 bits per heavy atom. The van der Waals surface area contributed by atoms with Gasteiger partial charge in [0.2, 0.25) is 0 Å². The first-order valence-electron chi connectivity index (χ1n) is 21.3. The second-order valence-electron chi connectivity index (χ2n) is 16.3. The van der Waals surface area contributed by atoms with E-state index in [1.54, 1.807) is 11.1 Å². The molecule has 2 aromatic rings. The molecule has 2 aliphatic rings. The van der Waals surface area contributed by atoms with E-state index in [-0.39, 0.29) is 0 Å². The Kier molecular flexibility index (Phi) is 19.0. The number of benzene rings is 2. The first kappa shape index (κ1) is 38.9. The summed E-state index contributed by atoms with van der Waals surface area (Å²) in [4.78, 5) is 12.4. The van der Waals surface area contributed by atoms with Crippen LogP contribution in [0.4, 0.5) is 0 Å². The molecule has 0 N–H and O–H groups in total. The van der Waals surface area contributed by atoms with Gasteiger partial charge >= 0.3 is 0 Å². The molecular weight excluding hydrogens is 581 g/mol. The summed E-state index contributed by atoms with van der Waals surface area (Å²) >= 11 is 0. The maximum absolute atomic E-state index is 12.4. The summed E-state index contributed by atoms with van der Waals surface area (Å²) in [7, 11) is 0. The summed E-state index contributed by atoms with van der Waals surface area (Å²) in [6.45, 7) is 4.62. The third-order valence-electron chi connectivity index (χ3n) is 12.4. The number of ketones is 1. The molecule has 2 saturated carbocycles. The van der Waals surface area contributed by atoms with Crippen molar-refractivity contribution in [1.82, 2.24) is 0 Å². The molecule has 0 spiro atoms. The number of aryl methyl sites for hydroxylation is 2. The molecule has 4 rings (SSSR count). The van der Waals surface area contributed by atoms with Crippen LogP contribution in [0.3, 0.4) is 0 Å². The highest BCUT2D eigenvalue weighted by Gasteiger charge is 2.23. The molecule has 0 aliphatic heterocycles. The molecule has 0 aromatic heterocycles. The summed E-state index contributed by atoms with van der Waals surface area (Å²) < 4.78 is 0. The Hall–Kier alpha value is -1.89. The second kappa shape index (κ2) is 23.5. The number of Topliss-reactive ketones (excluding diaryl/α,β-unsaturated/α-hetero) is 1. The summed E-state index contributed by atoms with van der Waals surface area (Å²) in [6.07, 6.45) is 36.1. The predicted molar refractivity (Wildman–Crippen MR) is 209 cm³/mol. The van der Waals surface area contributed by atoms with Gasteiger partial charge in [0.05, 0.1) is 0 Å². The molecule has 1 nitrogen and oxygen atoms in total. The molecule has 2 fully saturated rings. The van der Waals surface area contributed by atoms with E-state index in [1.807, 2.05) is 0 Å². The Morgan fingerprint density at radius 3 is 1.21 bits per heavy atom. The third-order valence-corrected chi connectivity index (χ3v) is 12.4. The maximum atomic E-state index is 12.4. The van der Waals surface area contributed by atoms with Crippen molar-refractivity contribution in [3.8, 4) is 0 Å². The zero-order chi connectivity index (χ0) is 33.7. The van der Waals surface area contributed by atoms with Crippen LogP contribution < -0.4 is 0 Å². The number of carbonyl (C=O) groups is 1. The maximum Gasteiger partial charge on any atom is 0.132 e. The van der Waals surface area contributed by atoms with Crippen LogP contribution in [-0.4, -0.2) is 5.78 Å². The van der Waals surface area contributed by atoms with E-state index in [1.165, 1.54) is 165 Å². The number of hydrogen-bond donors (Lipinski definition) is 0. The molecule has 268 valence electrons. The normalized spacial score (nSPS) is 21.4. The lowest BCUT2D eigenvalue weighted by Gasteiger charge is -2.29. The summed E-state index contributed by atoms with van der Waals surface area (Å²) in [5.41, 5.74) is 6.14. The molecule has 0 atom stereocenters. The van der Waals surface area contributed by atoms with E-state index in [0.29, 0.717) is 5.78 Å². The predicted octanol–water partition coefficient (Wildman–Crippen LogP) is 14.7. The molecule has 0 amide bonds. The van der Waals surface area contributed by atoms with E-state index in [0.717, 1.165) is 49.4 Å². The Labute approximate surface area is 297 Å². The van der Waals surface area contributed by atoms with Crippen molar-refractivity contribution >= 4 is 5.78 Å². The van der Waals surface area contributed by atoms with Gasteiger partial charge in [0.1, 0.15) is 5.78 Å². The van der Waals surface area contributed by atoms with Crippen LogP contribution in [0.25, 0.3) is 0 Å². The van der Waals surface area contributed by atoms with Gasteiger partial charge in [-0.25, -0.2) is 0 Å². The van der Waals surface area contributed by atoms with Crippen molar-refractivity contribution in [3.05, 3.63) is 70.8 Å². The quantitative estimate of drug-likeness (QED) is 0.103. The molecule has 0 heterocycles. The van der Waals surface area contributed by atoms with Crippen LogP contribution in [0.5, 0.6) is 0 Å². The number of rotatable bonds is 24. The van der Waals surface area contributed by atoms with E-state index in [4.69, 9.17) is 0 Å². The van der Waals surface area contributed by atoms with Crippen molar-refractivity contribution in [2.75, 3.05) is 0 Å². The van der Waals surface area contributed by atoms with Crippen molar-refractivity contribution in [2.45, 2.75) is 205 Å². The Morgan fingerprint density at radius 2 is 0.833 bits per heavy atom. The van der Waals surface area contributed by atoms with Gasteiger partial charge in [-0.05, 0) is 136 Å². The van der Waals surface area contributed by atoms with Gasteiger partial charge in [0.25, 0.3) is 0 Å². The number of unbranched alkanes of at least 4 members (excludes halogenated alkanes) is 10. The fourth-order valence-electron chi connectivity index (χ4n) is 8.98. The minimum absolute atomic E-state index is 0.492. The minimum atomic E-state index is 0.492. The highest BCUT2D eigenvalue weighted by Crippen LogP contribution is 2.39. The van der Waals surface area contributed by atoms with Crippen LogP contribution in [0, 0.1) is 11.8 Å². The molecule has 1 heteroatoms. The van der Waals surface area contributed by atoms with Crippen molar-refractivity contribution in [1.29, 1.82) is 0 Å². The molecule has 2 aromatic carbocycles. The standard InChI is InChI=1S/C47H74O/c1-3-5-11-17-39-23-31-43(32-24-39)45-35-27-41(28-36-45)19-13-7-9-15-21-47(48)22-16-10-8-14-20-42-29-37-46(38-30-42)44-33-25-40(26-34-44)18-12-6-4-2/h27-30,35-40,43-44H,3-26,31-34H2,1-2H3. The summed E-state index contributed by atoms with van der Waals surface area (Å²) in [5, 5.41) is 0. The van der Waals surface area contributed by atoms with E-state index in [2.05, 4.69) is 62.4 Å². The van der Waals surface area contributed by atoms with Crippen LogP contribution in [0.1, 0.15) is 215 Å². The summed E-state index contributed by atoms with van der Waals surface area (Å²) in [6, 6.07) is 19.3. The highest BCUT2D eigenvalue weighted by atomic mass is 16.1. The van der Waals surface area contributed by atoms with Crippen molar-refractivity contribution in [3.63, 3.8) is 0 Å². The van der Waals surface area contributed by atoms with Crippen LogP contribution in [-0.2, 0) is 17.6 Å². The zero-order valence-corrected chi connectivity index (χ0v) is 31.6. The number of carbonyl (C=O) groups excluding carboxylic acids is 1. The average Bonchev–Trinajstić information content (AvgIpc) is 3.12. The Bertz CT molecular complexity index is 993. The smallest absolute Gasteiger partial charge is 0.132 e. The van der Waals surface area contributed by atoms with Gasteiger partial charge in [-0.2, -0.15) is 0 Å². The number of hydrogen-bond acceptors (Lipinski definition) is 1. The topological polar surface area (TPSA) is 17.1 Å². The molecule has 2 aliphatic carbocycles. The van der Waals surface area contributed by atoms with Crippen LogP contribution >= 0.6 is 0 Å². The van der Waals surface area contributed by atoms with Gasteiger partial charge < -0.3 is 0 Å². The third kappa shape index (κ3) is 14.9. The second-order valence-corrected chi connectivity index (χ2v) is 16.3. The lowest BCUT2D eigenvalue weighted by molar-refractivity contribution is -0.119. The molecule has 0 unspecified atom stereocenters. The van der Waals surface area contributed by atoms with Gasteiger partial charge in [-0.1, -0.05) is 139 Å². The fourth-order valence-corrected chi connectivity index (χ4v) is 8.98. The molecule has 48 heavy (non-hydrogen) atoms. The van der Waals surface area contributed by atoms with E-state index < -0.39 is 0 Å². The van der Waals surface area contributed by atoms with Crippen LogP contribution in [0.2, 0.25) is 0 Å². The Balaban J connectivity index is 0.951. The molecule has 0 radical (unpaired) electrons. The first-order valence-corrected chi connectivity index (χ1v) is 21.3. The fraction of sp³-hybridized carbons (Fsp3) is 0.723. The molecule has 0 bridgehead atoms. The molecular formula is C47H74O. The SMILES string of the molecule is CCCCCC1CCC(c2ccc(CCCCCCC(=O)CCCCCCc3ccc(C4CCC(CCCCC)CC4)cc3)cc2)CC1. The highest BCUT2D eigenvalue weighted by molar-refractivity contribution is 5.78. The monoisotopic (exact) mass is 655 g/mol. The van der Waals surface area contributed by atoms with Crippen molar-refractivity contribution in [2.24, 2.45) is 11.8 Å². The first-order chi connectivity index (χ1) is 23.6. The van der Waals surface area contributed by atoms with Gasteiger partial charge in [-0.3, -0.25) is 4.79 Å². The van der Waals surface area contributed by atoms with Crippen LogP contribution in [0.15, 0.2) is 48.5 Å². The minimum Gasteiger partial charge on any atom is -0.300 e. The average molecular weight is 655 g/mol. The lowest BCUT2D eigenvalue weighted by Crippen LogP contribution is -2.13. The van der Waals surface area contributed by atoms with Gasteiger partial charge in [-0.15, -0.1) is 0 Å². The van der Waals surface area contributed by atoms with Gasteiger partial charge in [0, 0.05) is 12.8 Å². The zero-order valence-electron chi connectivity index (χ0n) is 31.6. The largest absolute Gasteiger partial charge is 0.300 e.